The van der Waals surface area contributed by atoms with Crippen LogP contribution in [-0.2, 0) is 10.2 Å². The molecule has 1 aliphatic rings. The lowest BCUT2D eigenvalue weighted by Gasteiger charge is -2.18. The van der Waals surface area contributed by atoms with E-state index in [0.29, 0.717) is 17.7 Å². The lowest BCUT2D eigenvalue weighted by atomic mass is 9.85. The van der Waals surface area contributed by atoms with E-state index in [2.05, 4.69) is 76.8 Å². The molecule has 0 heterocycles. The summed E-state index contributed by atoms with van der Waals surface area (Å²) >= 11 is 0. The van der Waals surface area contributed by atoms with Gasteiger partial charge in [0.15, 0.2) is 5.78 Å². The van der Waals surface area contributed by atoms with E-state index in [0.717, 1.165) is 11.6 Å². The average Bonchev–Trinajstić information content (AvgIpc) is 3.12. The lowest BCUT2D eigenvalue weighted by molar-refractivity contribution is 0.0525. The van der Waals surface area contributed by atoms with Crippen molar-refractivity contribution in [3.63, 3.8) is 0 Å². The highest BCUT2D eigenvalue weighted by molar-refractivity contribution is 6.76. The van der Waals surface area contributed by atoms with Crippen molar-refractivity contribution < 1.29 is 14.3 Å². The number of aryl methyl sites for hydroxylation is 1. The second kappa shape index (κ2) is 10.5. The molecular weight excluding hydrogens is 472 g/mol. The van der Waals surface area contributed by atoms with Crippen molar-refractivity contribution in [2.24, 2.45) is 0 Å². The lowest BCUT2D eigenvalue weighted by Crippen LogP contribution is -2.22. The fourth-order valence-electron chi connectivity index (χ4n) is 4.49. The number of ketones is 1. The number of rotatable bonds is 8. The van der Waals surface area contributed by atoms with Gasteiger partial charge in [-0.15, -0.1) is 0 Å². The minimum Gasteiger partial charge on any atom is -0.462 e. The first-order valence-electron chi connectivity index (χ1n) is 12.9. The van der Waals surface area contributed by atoms with E-state index in [1.807, 2.05) is 24.3 Å². The van der Waals surface area contributed by atoms with Crippen molar-refractivity contribution in [3.05, 3.63) is 118 Å². The summed E-state index contributed by atoms with van der Waals surface area (Å²) in [5, 5.41) is 0. The Morgan fingerprint density at radius 1 is 0.892 bits per heavy atom. The van der Waals surface area contributed by atoms with Crippen molar-refractivity contribution in [1.29, 1.82) is 0 Å². The second-order valence-electron chi connectivity index (χ2n) is 11.7. The number of hydrogen-bond donors (Lipinski definition) is 0. The smallest absolute Gasteiger partial charge is 0.338 e. The van der Waals surface area contributed by atoms with Gasteiger partial charge in [0.05, 0.1) is 12.2 Å². The molecule has 4 rings (SSSR count). The van der Waals surface area contributed by atoms with Crippen LogP contribution in [0.2, 0.25) is 25.7 Å². The fraction of sp³-hybridized carbons (Fsp3) is 0.273. The molecule has 0 saturated heterocycles. The Hall–Kier alpha value is -3.50. The van der Waals surface area contributed by atoms with Crippen LogP contribution in [0.5, 0.6) is 0 Å². The SMILES string of the molecule is Cc1ccc(C2=CC(C)(C)c3cc(C(=O)C=Cc4ccc(C(=O)OCC[Si](C)(C)C)cc4)ccc32)cc1. The van der Waals surface area contributed by atoms with Gasteiger partial charge in [0.25, 0.3) is 0 Å². The number of carbonyl (C=O) groups is 2. The summed E-state index contributed by atoms with van der Waals surface area (Å²) in [6.07, 6.45) is 5.68. The molecule has 0 saturated carbocycles. The van der Waals surface area contributed by atoms with Crippen LogP contribution in [0.4, 0.5) is 0 Å². The van der Waals surface area contributed by atoms with E-state index in [-0.39, 0.29) is 17.2 Å². The first kappa shape index (κ1) is 26.6. The molecule has 3 nitrogen and oxygen atoms in total. The zero-order chi connectivity index (χ0) is 26.8. The topological polar surface area (TPSA) is 43.4 Å². The third-order valence-electron chi connectivity index (χ3n) is 6.81. The van der Waals surface area contributed by atoms with Crippen LogP contribution < -0.4 is 0 Å². The Balaban J connectivity index is 1.45. The molecule has 37 heavy (non-hydrogen) atoms. The molecule has 4 heteroatoms. The number of ether oxygens (including phenoxy) is 1. The van der Waals surface area contributed by atoms with Gasteiger partial charge in [0.2, 0.25) is 0 Å². The quantitative estimate of drug-likeness (QED) is 0.134. The highest BCUT2D eigenvalue weighted by atomic mass is 28.3. The minimum absolute atomic E-state index is 0.0442. The predicted octanol–water partition coefficient (Wildman–Crippen LogP) is 8.11. The predicted molar refractivity (Wildman–Crippen MR) is 156 cm³/mol. The Morgan fingerprint density at radius 2 is 1.54 bits per heavy atom. The maximum Gasteiger partial charge on any atom is 0.338 e. The monoisotopic (exact) mass is 508 g/mol. The summed E-state index contributed by atoms with van der Waals surface area (Å²) in [5.74, 6) is -0.346. The first-order valence-corrected chi connectivity index (χ1v) is 16.6. The largest absolute Gasteiger partial charge is 0.462 e. The number of carbonyl (C=O) groups excluding carboxylic acids is 2. The van der Waals surface area contributed by atoms with Gasteiger partial charge in [-0.3, -0.25) is 4.79 Å². The number of benzene rings is 3. The molecular formula is C33H36O3Si. The van der Waals surface area contributed by atoms with E-state index in [4.69, 9.17) is 4.74 Å². The molecule has 0 unspecified atom stereocenters. The zero-order valence-corrected chi connectivity index (χ0v) is 23.7. The highest BCUT2D eigenvalue weighted by Gasteiger charge is 2.31. The van der Waals surface area contributed by atoms with Gasteiger partial charge in [-0.2, -0.15) is 0 Å². The molecule has 190 valence electrons. The molecule has 0 aliphatic heterocycles. The van der Waals surface area contributed by atoms with E-state index in [1.165, 1.54) is 27.8 Å². The van der Waals surface area contributed by atoms with Gasteiger partial charge in [-0.1, -0.05) is 99.7 Å². The van der Waals surface area contributed by atoms with Crippen LogP contribution in [0.15, 0.2) is 78.9 Å². The summed E-state index contributed by atoms with van der Waals surface area (Å²) in [6, 6.07) is 22.7. The molecule has 0 fully saturated rings. The Labute approximate surface area is 221 Å². The van der Waals surface area contributed by atoms with Crippen molar-refractivity contribution in [3.8, 4) is 0 Å². The third kappa shape index (κ3) is 6.44. The maximum atomic E-state index is 13.0. The summed E-state index contributed by atoms with van der Waals surface area (Å²) < 4.78 is 5.41. The summed E-state index contributed by atoms with van der Waals surface area (Å²) in [7, 11) is -1.24. The second-order valence-corrected chi connectivity index (χ2v) is 17.3. The van der Waals surface area contributed by atoms with Crippen molar-refractivity contribution in [2.75, 3.05) is 6.61 Å². The van der Waals surface area contributed by atoms with E-state index in [9.17, 15) is 9.59 Å². The Bertz CT molecular complexity index is 1370. The Morgan fingerprint density at radius 3 is 2.19 bits per heavy atom. The molecule has 3 aromatic rings. The van der Waals surface area contributed by atoms with Crippen LogP contribution in [0.1, 0.15) is 62.4 Å². The summed E-state index contributed by atoms with van der Waals surface area (Å²) in [4.78, 5) is 25.3. The third-order valence-corrected chi connectivity index (χ3v) is 8.52. The van der Waals surface area contributed by atoms with E-state index in [1.54, 1.807) is 24.3 Å². The van der Waals surface area contributed by atoms with Gasteiger partial charge < -0.3 is 4.74 Å². The molecule has 0 atom stereocenters. The van der Waals surface area contributed by atoms with Gasteiger partial charge in [-0.05, 0) is 65.1 Å². The van der Waals surface area contributed by atoms with Crippen molar-refractivity contribution in [2.45, 2.75) is 51.9 Å². The Kier molecular flexibility index (Phi) is 7.51. The van der Waals surface area contributed by atoms with Gasteiger partial charge in [0, 0.05) is 19.1 Å². The first-order chi connectivity index (χ1) is 17.4. The number of fused-ring (bicyclic) bond motifs is 1. The molecule has 1 aliphatic carbocycles. The van der Waals surface area contributed by atoms with Gasteiger partial charge >= 0.3 is 5.97 Å². The molecule has 0 bridgehead atoms. The molecule has 0 N–H and O–H groups in total. The number of hydrogen-bond acceptors (Lipinski definition) is 3. The molecule has 0 spiro atoms. The van der Waals surface area contributed by atoms with E-state index >= 15 is 0 Å². The van der Waals surface area contributed by atoms with Gasteiger partial charge in [-0.25, -0.2) is 4.79 Å². The zero-order valence-electron chi connectivity index (χ0n) is 22.7. The number of esters is 1. The fourth-order valence-corrected chi connectivity index (χ4v) is 5.20. The highest BCUT2D eigenvalue weighted by Crippen LogP contribution is 2.43. The van der Waals surface area contributed by atoms with Crippen LogP contribution in [0.3, 0.4) is 0 Å². The van der Waals surface area contributed by atoms with Crippen molar-refractivity contribution in [1.82, 2.24) is 0 Å². The molecule has 0 radical (unpaired) electrons. The van der Waals surface area contributed by atoms with Crippen LogP contribution in [0, 0.1) is 6.92 Å². The summed E-state index contributed by atoms with van der Waals surface area (Å²) in [5.41, 5.74) is 7.89. The molecule has 0 aromatic heterocycles. The molecule has 0 amide bonds. The minimum atomic E-state index is -1.24. The van der Waals surface area contributed by atoms with E-state index < -0.39 is 8.07 Å². The van der Waals surface area contributed by atoms with Crippen molar-refractivity contribution >= 4 is 31.5 Å². The standard InChI is InChI=1S/C33H36O3Si/c1-23-7-12-25(13-8-23)29-22-33(2,3)30-21-27(16-17-28(29)30)31(34)18-11-24-9-14-26(15-10-24)32(35)36-19-20-37(4,5)6/h7-18,21-22H,19-20H2,1-6H3. The van der Waals surface area contributed by atoms with Crippen LogP contribution in [-0.4, -0.2) is 26.4 Å². The average molecular weight is 509 g/mol. The normalized spacial score (nSPS) is 14.4. The maximum absolute atomic E-state index is 13.0. The summed E-state index contributed by atoms with van der Waals surface area (Å²) in [6.45, 7) is 13.7. The molecule has 3 aromatic carbocycles. The van der Waals surface area contributed by atoms with Gasteiger partial charge in [0.1, 0.15) is 0 Å². The van der Waals surface area contributed by atoms with Crippen LogP contribution in [0.25, 0.3) is 11.6 Å². The van der Waals surface area contributed by atoms with Crippen LogP contribution >= 0.6 is 0 Å². The number of allylic oxidation sites excluding steroid dienone is 2.